The number of amides is 2. The monoisotopic (exact) mass is 310 g/mol. The molecule has 0 heterocycles. The van der Waals surface area contributed by atoms with E-state index in [9.17, 15) is 4.79 Å². The summed E-state index contributed by atoms with van der Waals surface area (Å²) in [5.74, 6) is 0.375. The van der Waals surface area contributed by atoms with E-state index in [-0.39, 0.29) is 6.03 Å². The van der Waals surface area contributed by atoms with Crippen LogP contribution in [0.4, 0.5) is 16.2 Å². The molecule has 0 aromatic heterocycles. The average Bonchev–Trinajstić information content (AvgIpc) is 2.57. The van der Waals surface area contributed by atoms with Gasteiger partial charge in [-0.3, -0.25) is 9.80 Å². The van der Waals surface area contributed by atoms with Crippen molar-refractivity contribution in [2.45, 2.75) is 33.6 Å². The Morgan fingerprint density at radius 2 is 1.43 bits per heavy atom. The second-order valence-corrected chi connectivity index (χ2v) is 5.82. The number of urea groups is 1. The van der Waals surface area contributed by atoms with Crippen LogP contribution in [-0.2, 0) is 0 Å². The van der Waals surface area contributed by atoms with Crippen molar-refractivity contribution < 1.29 is 4.79 Å². The molecule has 3 heteroatoms. The third kappa shape index (κ3) is 3.73. The number of carbonyl (C=O) groups is 1. The van der Waals surface area contributed by atoms with Gasteiger partial charge in [0.2, 0.25) is 0 Å². The summed E-state index contributed by atoms with van der Waals surface area (Å²) in [7, 11) is 0. The maximum Gasteiger partial charge on any atom is 0.328 e. The Labute approximate surface area is 139 Å². The number of hydrogen-bond donors (Lipinski definition) is 0. The Kier molecular flexibility index (Phi) is 5.80. The van der Waals surface area contributed by atoms with Crippen molar-refractivity contribution in [3.63, 3.8) is 0 Å². The predicted octanol–water partition coefficient (Wildman–Crippen LogP) is 5.28. The molecule has 3 nitrogen and oxygen atoms in total. The lowest BCUT2D eigenvalue weighted by Gasteiger charge is -2.31. The second-order valence-electron chi connectivity index (χ2n) is 5.82. The molecule has 0 saturated carbocycles. The van der Waals surface area contributed by atoms with Crippen molar-refractivity contribution >= 4 is 17.4 Å². The summed E-state index contributed by atoms with van der Waals surface area (Å²) in [6.07, 6.45) is 0. The Bertz CT molecular complexity index is 637. The van der Waals surface area contributed by atoms with E-state index in [0.717, 1.165) is 11.4 Å². The van der Waals surface area contributed by atoms with Crippen LogP contribution in [-0.4, -0.2) is 19.1 Å². The number of rotatable bonds is 5. The maximum atomic E-state index is 13.1. The number of nitrogens with zero attached hydrogens (tertiary/aromatic N) is 2. The predicted molar refractivity (Wildman–Crippen MR) is 98.4 cm³/mol. The van der Waals surface area contributed by atoms with E-state index in [4.69, 9.17) is 0 Å². The molecule has 0 unspecified atom stereocenters. The standard InChI is InChI=1S/C20H26N2O/c1-5-21(17-12-8-7-9-13-17)20(23)22(6-2)19-15-11-10-14-18(19)16(3)4/h7-16H,5-6H2,1-4H3. The van der Waals surface area contributed by atoms with Crippen LogP contribution in [0.15, 0.2) is 54.6 Å². The molecule has 0 saturated heterocycles. The molecule has 0 N–H and O–H groups in total. The zero-order valence-corrected chi connectivity index (χ0v) is 14.5. The first-order valence-electron chi connectivity index (χ1n) is 8.33. The van der Waals surface area contributed by atoms with Gasteiger partial charge in [-0.25, -0.2) is 4.79 Å². The van der Waals surface area contributed by atoms with Gasteiger partial charge in [-0.15, -0.1) is 0 Å². The van der Waals surface area contributed by atoms with Gasteiger partial charge in [0.05, 0.1) is 0 Å². The lowest BCUT2D eigenvalue weighted by Crippen LogP contribution is -2.44. The minimum atomic E-state index is 0.0225. The Balaban J connectivity index is 2.39. The van der Waals surface area contributed by atoms with Crippen molar-refractivity contribution in [1.82, 2.24) is 0 Å². The maximum absolute atomic E-state index is 13.1. The van der Waals surface area contributed by atoms with Crippen LogP contribution in [0, 0.1) is 0 Å². The van der Waals surface area contributed by atoms with Crippen LogP contribution in [0.1, 0.15) is 39.2 Å². The Hall–Kier alpha value is -2.29. The van der Waals surface area contributed by atoms with Gasteiger partial charge in [-0.05, 0) is 43.5 Å². The molecular weight excluding hydrogens is 284 g/mol. The number of hydrogen-bond acceptors (Lipinski definition) is 1. The van der Waals surface area contributed by atoms with Gasteiger partial charge >= 0.3 is 6.03 Å². The summed E-state index contributed by atoms with van der Waals surface area (Å²) in [6, 6.07) is 18.0. The molecule has 0 atom stereocenters. The highest BCUT2D eigenvalue weighted by molar-refractivity contribution is 6.04. The molecular formula is C20H26N2O. The highest BCUT2D eigenvalue weighted by atomic mass is 16.2. The normalized spacial score (nSPS) is 10.7. The molecule has 0 fully saturated rings. The fraction of sp³-hybridized carbons (Fsp3) is 0.350. The van der Waals surface area contributed by atoms with Crippen molar-refractivity contribution in [3.8, 4) is 0 Å². The molecule has 0 aliphatic carbocycles. The van der Waals surface area contributed by atoms with Crippen LogP contribution in [0.25, 0.3) is 0 Å². The SMILES string of the molecule is CCN(C(=O)N(CC)c1ccccc1C(C)C)c1ccccc1. The van der Waals surface area contributed by atoms with Crippen molar-refractivity contribution in [1.29, 1.82) is 0 Å². The van der Waals surface area contributed by atoms with E-state index < -0.39 is 0 Å². The van der Waals surface area contributed by atoms with E-state index in [1.165, 1.54) is 5.56 Å². The van der Waals surface area contributed by atoms with Crippen LogP contribution >= 0.6 is 0 Å². The fourth-order valence-corrected chi connectivity index (χ4v) is 2.81. The first-order valence-corrected chi connectivity index (χ1v) is 8.33. The Morgan fingerprint density at radius 1 is 0.870 bits per heavy atom. The van der Waals surface area contributed by atoms with E-state index >= 15 is 0 Å². The number of carbonyl (C=O) groups excluding carboxylic acids is 1. The molecule has 2 aromatic rings. The largest absolute Gasteiger partial charge is 0.328 e. The van der Waals surface area contributed by atoms with Gasteiger partial charge in [-0.1, -0.05) is 50.2 Å². The quantitative estimate of drug-likeness (QED) is 0.736. The zero-order valence-electron chi connectivity index (χ0n) is 14.5. The minimum Gasteiger partial charge on any atom is -0.294 e. The zero-order chi connectivity index (χ0) is 16.8. The number of benzene rings is 2. The molecule has 2 aromatic carbocycles. The Morgan fingerprint density at radius 3 is 2.00 bits per heavy atom. The van der Waals surface area contributed by atoms with Crippen LogP contribution in [0.2, 0.25) is 0 Å². The summed E-state index contributed by atoms with van der Waals surface area (Å²) >= 11 is 0. The summed E-state index contributed by atoms with van der Waals surface area (Å²) in [6.45, 7) is 9.63. The molecule has 0 aliphatic heterocycles. The van der Waals surface area contributed by atoms with E-state index in [0.29, 0.717) is 19.0 Å². The molecule has 0 radical (unpaired) electrons. The highest BCUT2D eigenvalue weighted by Gasteiger charge is 2.23. The summed E-state index contributed by atoms with van der Waals surface area (Å²) in [5, 5.41) is 0. The topological polar surface area (TPSA) is 23.6 Å². The summed E-state index contributed by atoms with van der Waals surface area (Å²) in [5.41, 5.74) is 3.14. The molecule has 2 rings (SSSR count). The fourth-order valence-electron chi connectivity index (χ4n) is 2.81. The minimum absolute atomic E-state index is 0.0225. The van der Waals surface area contributed by atoms with Gasteiger partial charge in [0, 0.05) is 24.5 Å². The number of para-hydroxylation sites is 2. The average molecular weight is 310 g/mol. The van der Waals surface area contributed by atoms with E-state index in [1.54, 1.807) is 0 Å². The second kappa shape index (κ2) is 7.82. The van der Waals surface area contributed by atoms with Crippen molar-refractivity contribution in [3.05, 3.63) is 60.2 Å². The van der Waals surface area contributed by atoms with Gasteiger partial charge in [0.15, 0.2) is 0 Å². The van der Waals surface area contributed by atoms with E-state index in [2.05, 4.69) is 19.9 Å². The van der Waals surface area contributed by atoms with Gasteiger partial charge in [0.1, 0.15) is 0 Å². The molecule has 0 bridgehead atoms. The van der Waals surface area contributed by atoms with Crippen LogP contribution < -0.4 is 9.80 Å². The third-order valence-corrected chi connectivity index (χ3v) is 4.01. The molecule has 23 heavy (non-hydrogen) atoms. The molecule has 0 aliphatic rings. The van der Waals surface area contributed by atoms with Gasteiger partial charge in [0.25, 0.3) is 0 Å². The van der Waals surface area contributed by atoms with Crippen molar-refractivity contribution in [2.75, 3.05) is 22.9 Å². The van der Waals surface area contributed by atoms with Crippen LogP contribution in [0.3, 0.4) is 0 Å². The first-order chi connectivity index (χ1) is 11.1. The molecule has 122 valence electrons. The summed E-state index contributed by atoms with van der Waals surface area (Å²) < 4.78 is 0. The lowest BCUT2D eigenvalue weighted by atomic mass is 10.0. The smallest absolute Gasteiger partial charge is 0.294 e. The van der Waals surface area contributed by atoms with Crippen LogP contribution in [0.5, 0.6) is 0 Å². The first kappa shape index (κ1) is 17.1. The number of anilines is 2. The molecule has 2 amide bonds. The summed E-state index contributed by atoms with van der Waals surface area (Å²) in [4.78, 5) is 16.8. The van der Waals surface area contributed by atoms with E-state index in [1.807, 2.05) is 72.2 Å². The van der Waals surface area contributed by atoms with Gasteiger partial charge in [-0.2, -0.15) is 0 Å². The lowest BCUT2D eigenvalue weighted by molar-refractivity contribution is 0.252. The third-order valence-electron chi connectivity index (χ3n) is 4.01. The highest BCUT2D eigenvalue weighted by Crippen LogP contribution is 2.29. The van der Waals surface area contributed by atoms with Gasteiger partial charge < -0.3 is 0 Å². The van der Waals surface area contributed by atoms with Crippen molar-refractivity contribution in [2.24, 2.45) is 0 Å². The molecule has 0 spiro atoms.